The first-order chi connectivity index (χ1) is 10.5. The van der Waals surface area contributed by atoms with Crippen molar-refractivity contribution < 1.29 is 14.3 Å². The van der Waals surface area contributed by atoms with Crippen molar-refractivity contribution in [3.05, 3.63) is 0 Å². The SMILES string of the molecule is CC(C)C(N)C(=O)N1CCCCC1CN(C)C(=O)OC(C)(C)C. The van der Waals surface area contributed by atoms with E-state index in [9.17, 15) is 9.59 Å². The topological polar surface area (TPSA) is 75.9 Å². The van der Waals surface area contributed by atoms with E-state index in [1.807, 2.05) is 39.5 Å². The van der Waals surface area contributed by atoms with E-state index < -0.39 is 11.6 Å². The molecule has 0 saturated carbocycles. The molecule has 0 radical (unpaired) electrons. The van der Waals surface area contributed by atoms with Crippen LogP contribution in [-0.4, -0.2) is 59.6 Å². The number of hydrogen-bond acceptors (Lipinski definition) is 4. The van der Waals surface area contributed by atoms with Gasteiger partial charge in [0.2, 0.25) is 5.91 Å². The van der Waals surface area contributed by atoms with Crippen molar-refractivity contribution in [1.82, 2.24) is 9.80 Å². The number of carbonyl (C=O) groups excluding carboxylic acids is 2. The van der Waals surface area contributed by atoms with Gasteiger partial charge >= 0.3 is 6.09 Å². The summed E-state index contributed by atoms with van der Waals surface area (Å²) in [6.07, 6.45) is 2.59. The summed E-state index contributed by atoms with van der Waals surface area (Å²) >= 11 is 0. The summed E-state index contributed by atoms with van der Waals surface area (Å²) < 4.78 is 5.38. The minimum absolute atomic E-state index is 0.0118. The van der Waals surface area contributed by atoms with Crippen LogP contribution in [0.15, 0.2) is 0 Å². The lowest BCUT2D eigenvalue weighted by atomic mass is 9.97. The largest absolute Gasteiger partial charge is 0.444 e. The highest BCUT2D eigenvalue weighted by Gasteiger charge is 2.33. The molecule has 0 aromatic rings. The van der Waals surface area contributed by atoms with Gasteiger partial charge in [0.25, 0.3) is 0 Å². The molecule has 134 valence electrons. The third kappa shape index (κ3) is 6.01. The number of likely N-dealkylation sites (tertiary alicyclic amines) is 1. The van der Waals surface area contributed by atoms with Crippen molar-refractivity contribution in [2.45, 2.75) is 71.6 Å². The smallest absolute Gasteiger partial charge is 0.410 e. The molecule has 1 aliphatic rings. The van der Waals surface area contributed by atoms with Crippen LogP contribution in [0.25, 0.3) is 0 Å². The molecule has 0 aromatic heterocycles. The van der Waals surface area contributed by atoms with E-state index in [4.69, 9.17) is 10.5 Å². The van der Waals surface area contributed by atoms with Crippen LogP contribution in [0, 0.1) is 5.92 Å². The Labute approximate surface area is 140 Å². The summed E-state index contributed by atoms with van der Waals surface area (Å²) in [4.78, 5) is 28.1. The van der Waals surface area contributed by atoms with E-state index in [1.54, 1.807) is 11.9 Å². The molecular formula is C17H33N3O3. The van der Waals surface area contributed by atoms with E-state index in [2.05, 4.69) is 0 Å². The maximum Gasteiger partial charge on any atom is 0.410 e. The summed E-state index contributed by atoms with van der Waals surface area (Å²) in [5.74, 6) is 0.0935. The standard InChI is InChI=1S/C17H33N3O3/c1-12(2)14(18)15(21)20-10-8-7-9-13(20)11-19(6)16(22)23-17(3,4)5/h12-14H,7-11,18H2,1-6H3. The number of carbonyl (C=O) groups is 2. The molecular weight excluding hydrogens is 294 g/mol. The fraction of sp³-hybridized carbons (Fsp3) is 0.882. The predicted molar refractivity (Wildman–Crippen MR) is 91.0 cm³/mol. The van der Waals surface area contributed by atoms with Crippen LogP contribution in [0.1, 0.15) is 53.9 Å². The van der Waals surface area contributed by atoms with Gasteiger partial charge in [0.05, 0.1) is 6.04 Å². The molecule has 2 unspecified atom stereocenters. The summed E-state index contributed by atoms with van der Waals surface area (Å²) in [5.41, 5.74) is 5.51. The van der Waals surface area contributed by atoms with Gasteiger partial charge in [-0.25, -0.2) is 4.79 Å². The van der Waals surface area contributed by atoms with Gasteiger partial charge in [-0.2, -0.15) is 0 Å². The van der Waals surface area contributed by atoms with Crippen molar-refractivity contribution >= 4 is 12.0 Å². The fourth-order valence-electron chi connectivity index (χ4n) is 2.69. The molecule has 6 nitrogen and oxygen atoms in total. The zero-order valence-corrected chi connectivity index (χ0v) is 15.5. The van der Waals surface area contributed by atoms with E-state index in [0.29, 0.717) is 13.1 Å². The molecule has 6 heteroatoms. The van der Waals surface area contributed by atoms with Gasteiger partial charge in [-0.3, -0.25) is 4.79 Å². The highest BCUT2D eigenvalue weighted by molar-refractivity contribution is 5.82. The van der Waals surface area contributed by atoms with Crippen LogP contribution in [0.5, 0.6) is 0 Å². The highest BCUT2D eigenvalue weighted by Crippen LogP contribution is 2.20. The third-order valence-electron chi connectivity index (χ3n) is 4.10. The molecule has 2 N–H and O–H groups in total. The van der Waals surface area contributed by atoms with Crippen LogP contribution < -0.4 is 5.73 Å². The van der Waals surface area contributed by atoms with Gasteiger partial charge in [-0.1, -0.05) is 13.8 Å². The van der Waals surface area contributed by atoms with E-state index in [1.165, 1.54) is 0 Å². The van der Waals surface area contributed by atoms with E-state index in [-0.39, 0.29) is 24.0 Å². The average molecular weight is 327 g/mol. The molecule has 1 saturated heterocycles. The predicted octanol–water partition coefficient (Wildman–Crippen LogP) is 2.22. The highest BCUT2D eigenvalue weighted by atomic mass is 16.6. The van der Waals surface area contributed by atoms with E-state index >= 15 is 0 Å². The molecule has 0 bridgehead atoms. The summed E-state index contributed by atoms with van der Waals surface area (Å²) in [5, 5.41) is 0. The molecule has 0 spiro atoms. The summed E-state index contributed by atoms with van der Waals surface area (Å²) in [6.45, 7) is 10.6. The first kappa shape index (κ1) is 19.7. The Kier molecular flexibility index (Phi) is 6.86. The third-order valence-corrected chi connectivity index (χ3v) is 4.10. The Balaban J connectivity index is 2.71. The van der Waals surface area contributed by atoms with Crippen LogP contribution >= 0.6 is 0 Å². The summed E-state index contributed by atoms with van der Waals surface area (Å²) in [7, 11) is 1.72. The number of hydrogen-bond donors (Lipinski definition) is 1. The molecule has 2 atom stereocenters. The Hall–Kier alpha value is -1.30. The molecule has 2 amide bonds. The molecule has 1 rings (SSSR count). The van der Waals surface area contributed by atoms with Crippen LogP contribution in [0.4, 0.5) is 4.79 Å². The van der Waals surface area contributed by atoms with Gasteiger partial charge in [0.1, 0.15) is 5.60 Å². The fourth-order valence-corrected chi connectivity index (χ4v) is 2.69. The minimum atomic E-state index is -0.520. The maximum absolute atomic E-state index is 12.6. The molecule has 1 heterocycles. The number of likely N-dealkylation sites (N-methyl/N-ethyl adjacent to an activating group) is 1. The number of amides is 2. The molecule has 0 aromatic carbocycles. The number of rotatable bonds is 4. The van der Waals surface area contributed by atoms with Crippen molar-refractivity contribution in [3.8, 4) is 0 Å². The molecule has 0 aliphatic carbocycles. The number of piperidine rings is 1. The second-order valence-electron chi connectivity index (χ2n) is 7.81. The lowest BCUT2D eigenvalue weighted by Gasteiger charge is -2.39. The first-order valence-electron chi connectivity index (χ1n) is 8.53. The Bertz CT molecular complexity index is 418. The first-order valence-corrected chi connectivity index (χ1v) is 8.53. The normalized spacial score (nSPS) is 20.3. The Morgan fingerprint density at radius 2 is 1.91 bits per heavy atom. The van der Waals surface area contributed by atoms with Gasteiger partial charge < -0.3 is 20.3 Å². The summed E-state index contributed by atoms with van der Waals surface area (Å²) in [6, 6.07) is -0.471. The van der Waals surface area contributed by atoms with E-state index in [0.717, 1.165) is 19.3 Å². The maximum atomic E-state index is 12.6. The Morgan fingerprint density at radius 3 is 2.43 bits per heavy atom. The van der Waals surface area contributed by atoms with Crippen molar-refractivity contribution in [2.75, 3.05) is 20.1 Å². The van der Waals surface area contributed by atoms with Crippen molar-refractivity contribution in [1.29, 1.82) is 0 Å². The molecule has 1 aliphatic heterocycles. The zero-order valence-electron chi connectivity index (χ0n) is 15.5. The van der Waals surface area contributed by atoms with Gasteiger partial charge in [-0.05, 0) is 46.0 Å². The number of nitrogens with two attached hydrogens (primary N) is 1. The zero-order chi connectivity index (χ0) is 17.8. The number of nitrogens with zero attached hydrogens (tertiary/aromatic N) is 2. The number of ether oxygens (including phenoxy) is 1. The second kappa shape index (κ2) is 7.99. The lowest BCUT2D eigenvalue weighted by Crippen LogP contribution is -2.55. The Morgan fingerprint density at radius 1 is 1.30 bits per heavy atom. The average Bonchev–Trinajstić information content (AvgIpc) is 2.44. The van der Waals surface area contributed by atoms with Crippen molar-refractivity contribution in [3.63, 3.8) is 0 Å². The van der Waals surface area contributed by atoms with Crippen molar-refractivity contribution in [2.24, 2.45) is 11.7 Å². The monoisotopic (exact) mass is 327 g/mol. The lowest BCUT2D eigenvalue weighted by molar-refractivity contribution is -0.137. The molecule has 23 heavy (non-hydrogen) atoms. The van der Waals surface area contributed by atoms with Crippen LogP contribution in [-0.2, 0) is 9.53 Å². The van der Waals surface area contributed by atoms with Crippen LogP contribution in [0.2, 0.25) is 0 Å². The van der Waals surface area contributed by atoms with Crippen LogP contribution in [0.3, 0.4) is 0 Å². The van der Waals surface area contributed by atoms with Gasteiger partial charge in [0, 0.05) is 26.2 Å². The molecule has 1 fully saturated rings. The van der Waals surface area contributed by atoms with Gasteiger partial charge in [0.15, 0.2) is 0 Å². The van der Waals surface area contributed by atoms with Gasteiger partial charge in [-0.15, -0.1) is 0 Å². The minimum Gasteiger partial charge on any atom is -0.444 e. The quantitative estimate of drug-likeness (QED) is 0.859. The second-order valence-corrected chi connectivity index (χ2v) is 7.81.